The van der Waals surface area contributed by atoms with E-state index in [9.17, 15) is 9.59 Å². The van der Waals surface area contributed by atoms with E-state index < -0.39 is 0 Å². The zero-order valence-electron chi connectivity index (χ0n) is 17.6. The number of hydrogen-bond donors (Lipinski definition) is 2. The van der Waals surface area contributed by atoms with Crippen LogP contribution in [0, 0.1) is 13.8 Å². The van der Waals surface area contributed by atoms with Crippen molar-refractivity contribution >= 4 is 46.4 Å². The summed E-state index contributed by atoms with van der Waals surface area (Å²) < 4.78 is 11.0. The van der Waals surface area contributed by atoms with E-state index in [1.165, 1.54) is 0 Å². The van der Waals surface area contributed by atoms with Crippen LogP contribution in [-0.4, -0.2) is 25.0 Å². The van der Waals surface area contributed by atoms with Gasteiger partial charge in [0.15, 0.2) is 13.2 Å². The lowest BCUT2D eigenvalue weighted by Gasteiger charge is -2.13. The fourth-order valence-corrected chi connectivity index (χ4v) is 3.02. The van der Waals surface area contributed by atoms with Crippen LogP contribution in [0.25, 0.3) is 0 Å². The van der Waals surface area contributed by atoms with Crippen LogP contribution < -0.4 is 20.1 Å². The van der Waals surface area contributed by atoms with Crippen LogP contribution in [0.2, 0.25) is 10.0 Å². The van der Waals surface area contributed by atoms with E-state index in [-0.39, 0.29) is 25.0 Å². The summed E-state index contributed by atoms with van der Waals surface area (Å²) in [7, 11) is 0. The number of hydrogen-bond acceptors (Lipinski definition) is 4. The average molecular weight is 473 g/mol. The third-order valence-electron chi connectivity index (χ3n) is 4.47. The van der Waals surface area contributed by atoms with Crippen molar-refractivity contribution < 1.29 is 19.1 Å². The first-order valence-electron chi connectivity index (χ1n) is 9.78. The Bertz CT molecular complexity index is 1050. The lowest BCUT2D eigenvalue weighted by atomic mass is 10.2. The number of benzene rings is 3. The zero-order valence-corrected chi connectivity index (χ0v) is 19.1. The number of carbonyl (C=O) groups excluding carboxylic acids is 2. The first-order valence-corrected chi connectivity index (χ1v) is 10.5. The summed E-state index contributed by atoms with van der Waals surface area (Å²) in [6.45, 7) is 3.32. The van der Waals surface area contributed by atoms with Crippen LogP contribution in [0.4, 0.5) is 11.4 Å². The van der Waals surface area contributed by atoms with Gasteiger partial charge >= 0.3 is 0 Å². The third-order valence-corrected chi connectivity index (χ3v) is 5.32. The number of aryl methyl sites for hydroxylation is 2. The molecule has 2 amide bonds. The van der Waals surface area contributed by atoms with E-state index in [0.717, 1.165) is 11.1 Å². The number of para-hydroxylation sites is 2. The predicted octanol–water partition coefficient (Wildman–Crippen LogP) is 5.65. The molecule has 166 valence electrons. The van der Waals surface area contributed by atoms with Gasteiger partial charge in [0, 0.05) is 10.0 Å². The summed E-state index contributed by atoms with van der Waals surface area (Å²) in [6.07, 6.45) is 0. The Morgan fingerprint density at radius 1 is 0.719 bits per heavy atom. The van der Waals surface area contributed by atoms with E-state index in [4.69, 9.17) is 32.7 Å². The molecule has 0 unspecified atom stereocenters. The van der Waals surface area contributed by atoms with Gasteiger partial charge in [-0.15, -0.1) is 0 Å². The smallest absolute Gasteiger partial charge is 0.262 e. The third kappa shape index (κ3) is 6.64. The van der Waals surface area contributed by atoms with Crippen LogP contribution in [0.3, 0.4) is 0 Å². The summed E-state index contributed by atoms with van der Waals surface area (Å²) in [5, 5.41) is 6.73. The van der Waals surface area contributed by atoms with E-state index in [1.807, 2.05) is 13.8 Å². The van der Waals surface area contributed by atoms with E-state index in [0.29, 0.717) is 32.9 Å². The minimum absolute atomic E-state index is 0.192. The van der Waals surface area contributed by atoms with Gasteiger partial charge in [0.1, 0.15) is 11.5 Å². The zero-order chi connectivity index (χ0) is 23.1. The molecule has 3 aromatic rings. The number of carbonyl (C=O) groups is 2. The van der Waals surface area contributed by atoms with Crippen molar-refractivity contribution in [2.75, 3.05) is 23.8 Å². The summed E-state index contributed by atoms with van der Waals surface area (Å²) in [6, 6.07) is 17.2. The van der Waals surface area contributed by atoms with Gasteiger partial charge < -0.3 is 20.1 Å². The lowest BCUT2D eigenvalue weighted by molar-refractivity contribution is -0.119. The number of amides is 2. The van der Waals surface area contributed by atoms with Crippen molar-refractivity contribution in [2.45, 2.75) is 13.8 Å². The fraction of sp³-hybridized carbons (Fsp3) is 0.167. The first kappa shape index (κ1) is 23.4. The van der Waals surface area contributed by atoms with Gasteiger partial charge in [-0.2, -0.15) is 0 Å². The molecule has 0 radical (unpaired) electrons. The maximum Gasteiger partial charge on any atom is 0.262 e. The number of nitrogens with one attached hydrogen (secondary N) is 2. The van der Waals surface area contributed by atoms with Crippen molar-refractivity contribution in [3.05, 3.63) is 81.8 Å². The number of anilines is 2. The Balaban J connectivity index is 1.54. The molecule has 0 saturated carbocycles. The van der Waals surface area contributed by atoms with Crippen molar-refractivity contribution in [1.82, 2.24) is 0 Å². The Hall–Kier alpha value is -3.22. The molecule has 0 bridgehead atoms. The molecular formula is C24H22Cl2N2O4. The van der Waals surface area contributed by atoms with Crippen LogP contribution in [0.15, 0.2) is 60.7 Å². The molecule has 0 saturated heterocycles. The quantitative estimate of drug-likeness (QED) is 0.444. The van der Waals surface area contributed by atoms with Gasteiger partial charge in [-0.25, -0.2) is 0 Å². The van der Waals surface area contributed by atoms with Crippen molar-refractivity contribution in [3.8, 4) is 11.5 Å². The van der Waals surface area contributed by atoms with Crippen LogP contribution in [-0.2, 0) is 9.59 Å². The first-order chi connectivity index (χ1) is 15.3. The van der Waals surface area contributed by atoms with Crippen LogP contribution in [0.5, 0.6) is 11.5 Å². The van der Waals surface area contributed by atoms with Gasteiger partial charge in [-0.1, -0.05) is 35.3 Å². The second-order valence-electron chi connectivity index (χ2n) is 7.04. The molecular weight excluding hydrogens is 451 g/mol. The summed E-state index contributed by atoms with van der Waals surface area (Å²) in [5.41, 5.74) is 2.61. The summed E-state index contributed by atoms with van der Waals surface area (Å²) in [4.78, 5) is 24.7. The number of rotatable bonds is 8. The number of ether oxygens (including phenoxy) is 2. The highest BCUT2D eigenvalue weighted by Gasteiger charge is 2.11. The molecule has 6 nitrogen and oxygen atoms in total. The molecule has 0 heterocycles. The van der Waals surface area contributed by atoms with Crippen molar-refractivity contribution in [3.63, 3.8) is 0 Å². The molecule has 0 aliphatic heterocycles. The highest BCUT2D eigenvalue weighted by molar-refractivity contribution is 6.31. The maximum atomic E-state index is 12.3. The Morgan fingerprint density at radius 2 is 1.12 bits per heavy atom. The standard InChI is InChI=1S/C24H22Cl2N2O4/c1-15-11-17(7-9-19(15)25)31-13-23(29)27-21-5-3-4-6-22(21)28-24(30)14-32-18-8-10-20(26)16(2)12-18/h3-12H,13-14H2,1-2H3,(H,27,29)(H,28,30). The van der Waals surface area contributed by atoms with Crippen LogP contribution in [0.1, 0.15) is 11.1 Å². The molecule has 0 fully saturated rings. The maximum absolute atomic E-state index is 12.3. The second-order valence-corrected chi connectivity index (χ2v) is 7.86. The molecule has 32 heavy (non-hydrogen) atoms. The summed E-state index contributed by atoms with van der Waals surface area (Å²) >= 11 is 12.0. The molecule has 2 N–H and O–H groups in total. The molecule has 3 aromatic carbocycles. The van der Waals surface area contributed by atoms with E-state index >= 15 is 0 Å². The minimum atomic E-state index is -0.368. The molecule has 3 rings (SSSR count). The van der Waals surface area contributed by atoms with Crippen LogP contribution >= 0.6 is 23.2 Å². The molecule has 0 aromatic heterocycles. The second kappa shape index (κ2) is 10.9. The largest absolute Gasteiger partial charge is 0.484 e. The monoisotopic (exact) mass is 472 g/mol. The average Bonchev–Trinajstić information content (AvgIpc) is 2.77. The molecule has 0 aliphatic rings. The molecule has 8 heteroatoms. The van der Waals surface area contributed by atoms with E-state index in [2.05, 4.69) is 10.6 Å². The lowest BCUT2D eigenvalue weighted by Crippen LogP contribution is -2.23. The highest BCUT2D eigenvalue weighted by atomic mass is 35.5. The number of halogens is 2. The van der Waals surface area contributed by atoms with Gasteiger partial charge in [0.05, 0.1) is 11.4 Å². The van der Waals surface area contributed by atoms with Gasteiger partial charge in [-0.05, 0) is 73.5 Å². The predicted molar refractivity (Wildman–Crippen MR) is 127 cm³/mol. The Kier molecular flexibility index (Phi) is 7.98. The van der Waals surface area contributed by atoms with Crippen molar-refractivity contribution in [2.24, 2.45) is 0 Å². The molecule has 0 spiro atoms. The minimum Gasteiger partial charge on any atom is -0.484 e. The fourth-order valence-electron chi connectivity index (χ4n) is 2.79. The van der Waals surface area contributed by atoms with Crippen molar-refractivity contribution in [1.29, 1.82) is 0 Å². The molecule has 0 aliphatic carbocycles. The summed E-state index contributed by atoms with van der Waals surface area (Å²) in [5.74, 6) is 0.343. The molecule has 0 atom stereocenters. The Labute approximate surface area is 196 Å². The van der Waals surface area contributed by atoms with Gasteiger partial charge in [0.25, 0.3) is 11.8 Å². The normalized spacial score (nSPS) is 10.4. The Morgan fingerprint density at radius 3 is 1.50 bits per heavy atom. The topological polar surface area (TPSA) is 76.7 Å². The van der Waals surface area contributed by atoms with Gasteiger partial charge in [0.2, 0.25) is 0 Å². The van der Waals surface area contributed by atoms with Gasteiger partial charge in [-0.3, -0.25) is 9.59 Å². The van der Waals surface area contributed by atoms with E-state index in [1.54, 1.807) is 60.7 Å². The SMILES string of the molecule is Cc1cc(OCC(=O)Nc2ccccc2NC(=O)COc2ccc(Cl)c(C)c2)ccc1Cl. The highest BCUT2D eigenvalue weighted by Crippen LogP contribution is 2.23.